The number of unbranched alkanes of at least 4 members (excludes halogenated alkanes) is 2. The van der Waals surface area contributed by atoms with E-state index in [1.807, 2.05) is 0 Å². The van der Waals surface area contributed by atoms with Crippen LogP contribution in [0.15, 0.2) is 0 Å². The van der Waals surface area contributed by atoms with Gasteiger partial charge in [-0.05, 0) is 25.8 Å². The Hall–Kier alpha value is -0.500. The Morgan fingerprint density at radius 2 is 2.19 bits per heavy atom. The molecule has 1 aliphatic rings. The van der Waals surface area contributed by atoms with Crippen LogP contribution < -0.4 is 10.6 Å². The first-order valence-corrected chi connectivity index (χ1v) is 8.54. The van der Waals surface area contributed by atoms with Gasteiger partial charge in [-0.3, -0.25) is 9.36 Å². The molecule has 0 saturated carbocycles. The molecular formula is C12H24N2O6P-. The van der Waals surface area contributed by atoms with Crippen molar-refractivity contribution in [3.05, 3.63) is 0 Å². The Balaban J connectivity index is 2.46. The summed E-state index contributed by atoms with van der Waals surface area (Å²) in [6, 6.07) is -0.445. The fourth-order valence-corrected chi connectivity index (χ4v) is 2.79. The van der Waals surface area contributed by atoms with Crippen molar-refractivity contribution >= 4 is 13.7 Å². The first-order valence-electron chi connectivity index (χ1n) is 7.08. The van der Waals surface area contributed by atoms with Gasteiger partial charge in [-0.25, -0.2) is 0 Å². The molecule has 0 spiro atoms. The molecule has 1 heterocycles. The Kier molecular flexibility index (Phi) is 7.79. The molecule has 21 heavy (non-hydrogen) atoms. The summed E-state index contributed by atoms with van der Waals surface area (Å²) < 4.78 is 20.1. The molecule has 1 rings (SSSR count). The number of nitrogens with two attached hydrogens (primary N) is 1. The Labute approximate surface area is 124 Å². The molecule has 9 heteroatoms. The van der Waals surface area contributed by atoms with Crippen molar-refractivity contribution in [1.82, 2.24) is 4.90 Å². The lowest BCUT2D eigenvalue weighted by atomic mass is 10.1. The summed E-state index contributed by atoms with van der Waals surface area (Å²) in [5, 5.41) is 9.67. The number of β-amino-alcohol motifs (C(OH)–C–C–N with tert-alkyl or cyclic N) is 1. The van der Waals surface area contributed by atoms with Crippen molar-refractivity contribution in [3.8, 4) is 0 Å². The second-order valence-electron chi connectivity index (χ2n) is 5.11. The summed E-state index contributed by atoms with van der Waals surface area (Å²) in [6.07, 6.45) is 2.49. The van der Waals surface area contributed by atoms with Gasteiger partial charge in [0.25, 0.3) is 7.82 Å². The van der Waals surface area contributed by atoms with Gasteiger partial charge in [-0.15, -0.1) is 0 Å². The van der Waals surface area contributed by atoms with E-state index in [2.05, 4.69) is 4.52 Å². The van der Waals surface area contributed by atoms with Gasteiger partial charge in [0, 0.05) is 20.1 Å². The largest absolute Gasteiger partial charge is 0.756 e. The van der Waals surface area contributed by atoms with Crippen molar-refractivity contribution in [2.75, 3.05) is 26.8 Å². The average Bonchev–Trinajstić information content (AvgIpc) is 2.82. The molecule has 0 bridgehead atoms. The predicted molar refractivity (Wildman–Crippen MR) is 74.2 cm³/mol. The Bertz CT molecular complexity index is 381. The molecule has 0 aromatic carbocycles. The summed E-state index contributed by atoms with van der Waals surface area (Å²) in [5.74, 6) is -0.102. The number of carbonyl (C=O) groups is 1. The van der Waals surface area contributed by atoms with Crippen molar-refractivity contribution < 1.29 is 28.4 Å². The van der Waals surface area contributed by atoms with Crippen LogP contribution in [0.25, 0.3) is 0 Å². The molecule has 3 N–H and O–H groups in total. The second kappa shape index (κ2) is 8.82. The average molecular weight is 323 g/mol. The maximum Gasteiger partial charge on any atom is 0.267 e. The molecule has 8 nitrogen and oxygen atoms in total. The lowest BCUT2D eigenvalue weighted by Gasteiger charge is -2.27. The zero-order chi connectivity index (χ0) is 15.9. The fraction of sp³-hybridized carbons (Fsp3) is 0.917. The number of likely N-dealkylation sites (tertiary alicyclic amines) is 1. The molecule has 1 saturated heterocycles. The van der Waals surface area contributed by atoms with Gasteiger partial charge in [-0.2, -0.15) is 0 Å². The van der Waals surface area contributed by atoms with Gasteiger partial charge in [0.2, 0.25) is 5.91 Å². The van der Waals surface area contributed by atoms with E-state index in [1.54, 1.807) is 0 Å². The summed E-state index contributed by atoms with van der Waals surface area (Å²) in [4.78, 5) is 24.8. The molecule has 1 amide bonds. The first kappa shape index (κ1) is 18.5. The van der Waals surface area contributed by atoms with Gasteiger partial charge in [0.05, 0.1) is 18.8 Å². The number of hydrogen-bond acceptors (Lipinski definition) is 7. The molecule has 0 aromatic heterocycles. The van der Waals surface area contributed by atoms with Gasteiger partial charge >= 0.3 is 0 Å². The molecule has 124 valence electrons. The maximum atomic E-state index is 12.1. The quantitative estimate of drug-likeness (QED) is 0.437. The van der Waals surface area contributed by atoms with Crippen LogP contribution in [-0.2, 0) is 18.4 Å². The van der Waals surface area contributed by atoms with Crippen LogP contribution in [0.4, 0.5) is 0 Å². The Morgan fingerprint density at radius 3 is 2.81 bits per heavy atom. The van der Waals surface area contributed by atoms with Gasteiger partial charge in [0.15, 0.2) is 0 Å². The number of hydrogen-bond donors (Lipinski definition) is 2. The number of phosphoric acid groups is 1. The lowest BCUT2D eigenvalue weighted by Crippen LogP contribution is -2.38. The molecule has 0 aliphatic carbocycles. The normalized spacial score (nSPS) is 25.0. The van der Waals surface area contributed by atoms with Gasteiger partial charge < -0.3 is 29.7 Å². The third-order valence-electron chi connectivity index (χ3n) is 3.46. The minimum absolute atomic E-state index is 0.102. The third-order valence-corrected chi connectivity index (χ3v) is 4.37. The van der Waals surface area contributed by atoms with Crippen molar-refractivity contribution in [2.45, 2.75) is 44.2 Å². The number of aliphatic hydroxyl groups is 1. The minimum atomic E-state index is -4.32. The smallest absolute Gasteiger partial charge is 0.267 e. The summed E-state index contributed by atoms with van der Waals surface area (Å²) in [7, 11) is -3.30. The van der Waals surface area contributed by atoms with Crippen molar-refractivity contribution in [2.24, 2.45) is 5.73 Å². The van der Waals surface area contributed by atoms with Crippen LogP contribution in [0, 0.1) is 0 Å². The number of amides is 1. The Morgan fingerprint density at radius 1 is 1.48 bits per heavy atom. The standard InChI is InChI=1S/C12H25N2O6P/c1-19-21(17,18)20-9-10-7-11(15)8-14(10)12(16)5-3-2-4-6-13/h10-11,15H,2-9,13H2,1H3,(H,17,18)/p-1/t10-,11+/m0/s1. The van der Waals surface area contributed by atoms with E-state index in [-0.39, 0.29) is 19.1 Å². The monoisotopic (exact) mass is 323 g/mol. The molecule has 1 fully saturated rings. The highest BCUT2D eigenvalue weighted by Gasteiger charge is 2.34. The molecule has 0 radical (unpaired) electrons. The third kappa shape index (κ3) is 6.42. The molecule has 1 unspecified atom stereocenters. The van der Waals surface area contributed by atoms with E-state index in [4.69, 9.17) is 10.3 Å². The van der Waals surface area contributed by atoms with E-state index in [9.17, 15) is 19.4 Å². The molecule has 3 atom stereocenters. The molecular weight excluding hydrogens is 299 g/mol. The van der Waals surface area contributed by atoms with Crippen LogP contribution >= 0.6 is 7.82 Å². The number of carbonyl (C=O) groups excluding carboxylic acids is 1. The summed E-state index contributed by atoms with van der Waals surface area (Å²) >= 11 is 0. The zero-order valence-corrected chi connectivity index (χ0v) is 13.2. The number of nitrogens with zero attached hydrogens (tertiary/aromatic N) is 1. The number of aliphatic hydroxyl groups excluding tert-OH is 1. The molecule has 1 aliphatic heterocycles. The van der Waals surface area contributed by atoms with E-state index in [0.29, 0.717) is 19.4 Å². The van der Waals surface area contributed by atoms with Crippen molar-refractivity contribution in [1.29, 1.82) is 0 Å². The van der Waals surface area contributed by atoms with Crippen LogP contribution in [0.5, 0.6) is 0 Å². The predicted octanol–water partition coefficient (Wildman–Crippen LogP) is -0.401. The highest BCUT2D eigenvalue weighted by atomic mass is 31.2. The van der Waals surface area contributed by atoms with E-state index < -0.39 is 20.0 Å². The topological polar surface area (TPSA) is 125 Å². The first-order chi connectivity index (χ1) is 9.89. The highest BCUT2D eigenvalue weighted by Crippen LogP contribution is 2.37. The van der Waals surface area contributed by atoms with E-state index >= 15 is 0 Å². The molecule has 0 aromatic rings. The zero-order valence-electron chi connectivity index (χ0n) is 12.3. The summed E-state index contributed by atoms with van der Waals surface area (Å²) in [6.45, 7) is 0.614. The van der Waals surface area contributed by atoms with Crippen LogP contribution in [0.1, 0.15) is 32.1 Å². The fourth-order valence-electron chi connectivity index (χ4n) is 2.33. The SMILES string of the molecule is COP(=O)([O-])OC[C@@H]1C[C@@H](O)CN1C(=O)CCCCCN. The van der Waals surface area contributed by atoms with E-state index in [1.165, 1.54) is 4.90 Å². The maximum absolute atomic E-state index is 12.1. The van der Waals surface area contributed by atoms with Gasteiger partial charge in [0.1, 0.15) is 0 Å². The lowest BCUT2D eigenvalue weighted by molar-refractivity contribution is -0.224. The second-order valence-corrected chi connectivity index (χ2v) is 6.63. The minimum Gasteiger partial charge on any atom is -0.756 e. The summed E-state index contributed by atoms with van der Waals surface area (Å²) in [5.41, 5.74) is 5.39. The van der Waals surface area contributed by atoms with Crippen LogP contribution in [0.2, 0.25) is 0 Å². The van der Waals surface area contributed by atoms with E-state index in [0.717, 1.165) is 26.4 Å². The van der Waals surface area contributed by atoms with Crippen LogP contribution in [-0.4, -0.2) is 54.9 Å². The van der Waals surface area contributed by atoms with Gasteiger partial charge in [-0.1, -0.05) is 6.42 Å². The number of phosphoric ester groups is 1. The number of rotatable bonds is 9. The van der Waals surface area contributed by atoms with Crippen LogP contribution in [0.3, 0.4) is 0 Å². The highest BCUT2D eigenvalue weighted by molar-refractivity contribution is 7.45. The van der Waals surface area contributed by atoms with Crippen molar-refractivity contribution in [3.63, 3.8) is 0 Å².